The molecule has 2 heterocycles. The first kappa shape index (κ1) is 38.8. The molecule has 3 aliphatic rings. The van der Waals surface area contributed by atoms with E-state index >= 15 is 0 Å². The molecule has 4 amide bonds. The fourth-order valence-electron chi connectivity index (χ4n) is 6.20. The van der Waals surface area contributed by atoms with Gasteiger partial charge in [0.25, 0.3) is 5.91 Å². The minimum atomic E-state index is -4.80. The van der Waals surface area contributed by atoms with Crippen molar-refractivity contribution in [2.45, 2.75) is 108 Å². The second kappa shape index (κ2) is 13.5. The number of hydrogen-bond acceptors (Lipinski definition) is 9. The van der Waals surface area contributed by atoms with Crippen LogP contribution in [0.1, 0.15) is 72.9 Å². The lowest BCUT2D eigenvalue weighted by atomic mass is 9.85. The van der Waals surface area contributed by atoms with Crippen LogP contribution in [0.15, 0.2) is 43.0 Å². The third-order valence-electron chi connectivity index (χ3n) is 9.13. The number of rotatable bonds is 10. The lowest BCUT2D eigenvalue weighted by molar-refractivity contribution is -0.143. The smallest absolute Gasteiger partial charge is 0.433 e. The van der Waals surface area contributed by atoms with E-state index in [0.29, 0.717) is 12.8 Å². The highest BCUT2D eigenvalue weighted by molar-refractivity contribution is 7.91. The molecule has 3 N–H and O–H groups in total. The maximum atomic E-state index is 14.4. The predicted molar refractivity (Wildman–Crippen MR) is 183 cm³/mol. The number of pyridine rings is 1. The Kier molecular flexibility index (Phi) is 10.1. The maximum absolute atomic E-state index is 14.4. The van der Waals surface area contributed by atoms with Crippen LogP contribution in [0.5, 0.6) is 5.75 Å². The molecule has 17 heteroatoms. The number of nitrogens with zero attached hydrogens (tertiary/aromatic N) is 2. The molecule has 284 valence electrons. The molecule has 5 rings (SSSR count). The van der Waals surface area contributed by atoms with Crippen LogP contribution in [0, 0.1) is 11.3 Å². The number of para-hydroxylation sites is 1. The number of carbonyl (C=O) groups excluding carboxylic acids is 4. The third-order valence-corrected chi connectivity index (χ3v) is 11.0. The minimum absolute atomic E-state index is 0.0141. The Labute approximate surface area is 300 Å². The van der Waals surface area contributed by atoms with Gasteiger partial charge in [-0.25, -0.2) is 18.2 Å². The number of halogens is 3. The summed E-state index contributed by atoms with van der Waals surface area (Å²) in [6, 6.07) is 4.19. The normalized spacial score (nSPS) is 24.1. The molecule has 1 saturated heterocycles. The van der Waals surface area contributed by atoms with E-state index in [0.717, 1.165) is 11.0 Å². The van der Waals surface area contributed by atoms with Crippen LogP contribution < -0.4 is 20.1 Å². The van der Waals surface area contributed by atoms with E-state index in [1.165, 1.54) is 24.3 Å². The van der Waals surface area contributed by atoms with Crippen LogP contribution >= 0.6 is 0 Å². The average Bonchev–Trinajstić information content (AvgIpc) is 3.94. The number of fused-ring (bicyclic) bond motifs is 1. The summed E-state index contributed by atoms with van der Waals surface area (Å²) in [5.41, 5.74) is -4.69. The summed E-state index contributed by atoms with van der Waals surface area (Å²) in [4.78, 5) is 59.7. The van der Waals surface area contributed by atoms with Crippen molar-refractivity contribution in [1.82, 2.24) is 25.2 Å². The molecule has 1 aromatic carbocycles. The van der Waals surface area contributed by atoms with Crippen molar-refractivity contribution in [3.63, 3.8) is 0 Å². The molecule has 2 saturated carbocycles. The number of carbonyl (C=O) groups is 4. The highest BCUT2D eigenvalue weighted by atomic mass is 32.2. The molecule has 1 aromatic heterocycles. The molecule has 13 nitrogen and oxygen atoms in total. The van der Waals surface area contributed by atoms with Gasteiger partial charge < -0.3 is 25.0 Å². The first-order chi connectivity index (χ1) is 23.9. The average molecular weight is 752 g/mol. The lowest BCUT2D eigenvalue weighted by Gasteiger charge is -2.36. The van der Waals surface area contributed by atoms with Gasteiger partial charge in [0, 0.05) is 23.8 Å². The van der Waals surface area contributed by atoms with Gasteiger partial charge in [0.05, 0.1) is 17.3 Å². The first-order valence-corrected chi connectivity index (χ1v) is 18.4. The summed E-state index contributed by atoms with van der Waals surface area (Å²) in [6.07, 6.45) is -4.70. The molecule has 5 unspecified atom stereocenters. The highest BCUT2D eigenvalue weighted by Crippen LogP contribution is 2.46. The van der Waals surface area contributed by atoms with E-state index in [2.05, 4.69) is 26.9 Å². The number of ether oxygens (including phenoxy) is 2. The van der Waals surface area contributed by atoms with E-state index in [4.69, 9.17) is 9.47 Å². The molecule has 0 radical (unpaired) electrons. The summed E-state index contributed by atoms with van der Waals surface area (Å²) in [7, 11) is -3.97. The van der Waals surface area contributed by atoms with Crippen molar-refractivity contribution in [2.24, 2.45) is 11.3 Å². The van der Waals surface area contributed by atoms with Gasteiger partial charge in [0.15, 0.2) is 0 Å². The maximum Gasteiger partial charge on any atom is 0.433 e. The van der Waals surface area contributed by atoms with E-state index in [9.17, 15) is 40.8 Å². The predicted octanol–water partition coefficient (Wildman–Crippen LogP) is 4.21. The van der Waals surface area contributed by atoms with Crippen molar-refractivity contribution in [3.8, 4) is 5.75 Å². The Bertz CT molecular complexity index is 1890. The summed E-state index contributed by atoms with van der Waals surface area (Å²) in [5, 5.41) is 4.82. The number of sulfonamides is 1. The molecular formula is C35H44F3N5O8S. The van der Waals surface area contributed by atoms with E-state index in [1.54, 1.807) is 47.6 Å². The van der Waals surface area contributed by atoms with Gasteiger partial charge in [-0.1, -0.05) is 39.0 Å². The number of aromatic nitrogens is 1. The molecule has 52 heavy (non-hydrogen) atoms. The van der Waals surface area contributed by atoms with Crippen LogP contribution in [-0.2, 0) is 35.3 Å². The van der Waals surface area contributed by atoms with E-state index in [-0.39, 0.29) is 36.0 Å². The number of likely N-dealkylation sites (tertiary alicyclic amines) is 1. The molecule has 2 aromatic rings. The summed E-state index contributed by atoms with van der Waals surface area (Å²) >= 11 is 0. The van der Waals surface area contributed by atoms with Gasteiger partial charge in [0.2, 0.25) is 21.8 Å². The Morgan fingerprint density at radius 3 is 2.29 bits per heavy atom. The van der Waals surface area contributed by atoms with Gasteiger partial charge in [-0.05, 0) is 57.6 Å². The van der Waals surface area contributed by atoms with Gasteiger partial charge in [-0.2, -0.15) is 13.2 Å². The van der Waals surface area contributed by atoms with Crippen molar-refractivity contribution in [3.05, 3.63) is 48.7 Å². The lowest BCUT2D eigenvalue weighted by Crippen LogP contribution is -2.60. The molecule has 0 bridgehead atoms. The molecule has 2 aliphatic carbocycles. The zero-order valence-electron chi connectivity index (χ0n) is 29.8. The number of amides is 4. The first-order valence-electron chi connectivity index (χ1n) is 16.9. The Morgan fingerprint density at radius 2 is 1.73 bits per heavy atom. The molecule has 3 fully saturated rings. The standard InChI is InChI=1S/C35H44F3N5O8S/c1-8-19-17-34(19,30(46)42-52(48,49)21-13-14-21)41-28(44)24-15-20(50-25-16-26(35(36,37)38)39-23-12-10-9-11-22(23)25)18-43(24)29(45)27(32(2,3)4)40-31(47)51-33(5,6)7/h8-12,16,19-21,24,27H,1,13-15,17-18H2,2-7H3,(H,40,47)(H,41,44)(H,42,46). The van der Waals surface area contributed by atoms with Crippen LogP contribution in [0.4, 0.5) is 18.0 Å². The van der Waals surface area contributed by atoms with Crippen LogP contribution in [-0.4, -0.2) is 83.2 Å². The fourth-order valence-corrected chi connectivity index (χ4v) is 7.56. The molecule has 1 aliphatic heterocycles. The topological polar surface area (TPSA) is 173 Å². The van der Waals surface area contributed by atoms with E-state index < -0.39 is 91.6 Å². The fraction of sp³-hybridized carbons (Fsp3) is 0.571. The van der Waals surface area contributed by atoms with Gasteiger partial charge in [-0.3, -0.25) is 19.1 Å². The molecule has 5 atom stereocenters. The van der Waals surface area contributed by atoms with Crippen LogP contribution in [0.25, 0.3) is 10.9 Å². The van der Waals surface area contributed by atoms with Crippen LogP contribution in [0.3, 0.4) is 0 Å². The number of hydrogen-bond donors (Lipinski definition) is 3. The SMILES string of the molecule is C=CC1CC1(NC(=O)C1CC(Oc2cc(C(F)(F)F)nc3ccccc23)CN1C(=O)C(NC(=O)OC(C)(C)C)C(C)(C)C)C(=O)NS(=O)(=O)C1CC1. The Balaban J connectivity index is 1.48. The van der Waals surface area contributed by atoms with Crippen molar-refractivity contribution < 1.29 is 50.2 Å². The third kappa shape index (κ3) is 8.45. The van der Waals surface area contributed by atoms with Crippen LogP contribution in [0.2, 0.25) is 0 Å². The Morgan fingerprint density at radius 1 is 1.08 bits per heavy atom. The number of benzene rings is 1. The van der Waals surface area contributed by atoms with E-state index in [1.807, 2.05) is 0 Å². The number of nitrogens with one attached hydrogen (secondary N) is 3. The minimum Gasteiger partial charge on any atom is -0.488 e. The molecule has 0 spiro atoms. The highest BCUT2D eigenvalue weighted by Gasteiger charge is 2.62. The van der Waals surface area contributed by atoms with Crippen molar-refractivity contribution in [2.75, 3.05) is 6.54 Å². The zero-order chi connectivity index (χ0) is 38.6. The quantitative estimate of drug-likeness (QED) is 0.301. The van der Waals surface area contributed by atoms with Crippen molar-refractivity contribution in [1.29, 1.82) is 0 Å². The van der Waals surface area contributed by atoms with Crippen molar-refractivity contribution >= 4 is 44.7 Å². The zero-order valence-corrected chi connectivity index (χ0v) is 30.6. The Hall–Kier alpha value is -4.41. The number of alkyl carbamates (subject to hydrolysis) is 1. The van der Waals surface area contributed by atoms with Gasteiger partial charge in [-0.15, -0.1) is 6.58 Å². The summed E-state index contributed by atoms with van der Waals surface area (Å²) in [6.45, 7) is 13.4. The second-order valence-electron chi connectivity index (χ2n) is 15.6. The monoisotopic (exact) mass is 751 g/mol. The second-order valence-corrected chi connectivity index (χ2v) is 17.6. The molecular weight excluding hydrogens is 707 g/mol. The largest absolute Gasteiger partial charge is 0.488 e. The number of alkyl halides is 3. The van der Waals surface area contributed by atoms with Gasteiger partial charge >= 0.3 is 12.3 Å². The van der Waals surface area contributed by atoms with Gasteiger partial charge in [0.1, 0.15) is 40.8 Å². The summed E-state index contributed by atoms with van der Waals surface area (Å²) < 4.78 is 80.4. The summed E-state index contributed by atoms with van der Waals surface area (Å²) in [5.74, 6) is -3.29.